The topological polar surface area (TPSA) is 35.6 Å². The second-order valence-corrected chi connectivity index (χ2v) is 10.6. The Morgan fingerprint density at radius 1 is 0.879 bits per heavy atom. The quantitative estimate of drug-likeness (QED) is 0.539. The molecule has 1 amide bonds. The number of nitrogens with one attached hydrogen (secondary N) is 1. The number of carbonyl (C=O) groups is 1. The van der Waals surface area contributed by atoms with E-state index in [1.165, 1.54) is 31.5 Å². The van der Waals surface area contributed by atoms with E-state index in [-0.39, 0.29) is 11.8 Å². The van der Waals surface area contributed by atoms with Crippen molar-refractivity contribution in [3.05, 3.63) is 69.2 Å². The van der Waals surface area contributed by atoms with Gasteiger partial charge in [-0.1, -0.05) is 60.5 Å². The third kappa shape index (κ3) is 7.19. The molecule has 0 saturated carbocycles. The van der Waals surface area contributed by atoms with Gasteiger partial charge >= 0.3 is 0 Å². The molecule has 0 bridgehead atoms. The molecule has 0 spiro atoms. The van der Waals surface area contributed by atoms with Gasteiger partial charge in [-0.2, -0.15) is 0 Å². The van der Waals surface area contributed by atoms with Crippen LogP contribution in [0.5, 0.6) is 0 Å². The number of hydrogen-bond donors (Lipinski definition) is 1. The Bertz CT molecular complexity index is 917. The van der Waals surface area contributed by atoms with Gasteiger partial charge in [-0.15, -0.1) is 0 Å². The summed E-state index contributed by atoms with van der Waals surface area (Å²) in [7, 11) is 0. The predicted molar refractivity (Wildman–Crippen MR) is 136 cm³/mol. The lowest BCUT2D eigenvalue weighted by atomic mass is 9.95. The zero-order valence-corrected chi connectivity index (χ0v) is 21.0. The van der Waals surface area contributed by atoms with E-state index in [4.69, 9.17) is 23.2 Å². The SMILES string of the molecule is CC1CCN(Cc2ccc(CNC(=O)C3CCN(Cc4ccc(Cl)cc4Cl)CC3)cc2)CC1. The van der Waals surface area contributed by atoms with E-state index in [0.29, 0.717) is 16.6 Å². The van der Waals surface area contributed by atoms with E-state index in [0.717, 1.165) is 56.1 Å². The molecule has 4 nitrogen and oxygen atoms in total. The smallest absolute Gasteiger partial charge is 0.223 e. The zero-order valence-electron chi connectivity index (χ0n) is 19.5. The fourth-order valence-electron chi connectivity index (χ4n) is 4.82. The second kappa shape index (κ2) is 11.7. The molecule has 0 aromatic heterocycles. The first kappa shape index (κ1) is 24.5. The Labute approximate surface area is 208 Å². The first-order chi connectivity index (χ1) is 16.0. The average molecular weight is 489 g/mol. The van der Waals surface area contributed by atoms with Crippen LogP contribution < -0.4 is 5.32 Å². The minimum Gasteiger partial charge on any atom is -0.352 e. The highest BCUT2D eigenvalue weighted by Gasteiger charge is 2.25. The van der Waals surface area contributed by atoms with E-state index in [1.54, 1.807) is 6.07 Å². The van der Waals surface area contributed by atoms with Crippen molar-refractivity contribution in [2.45, 2.75) is 52.2 Å². The summed E-state index contributed by atoms with van der Waals surface area (Å²) in [5, 5.41) is 4.52. The summed E-state index contributed by atoms with van der Waals surface area (Å²) < 4.78 is 0. The number of hydrogen-bond acceptors (Lipinski definition) is 3. The summed E-state index contributed by atoms with van der Waals surface area (Å²) in [6, 6.07) is 14.4. The van der Waals surface area contributed by atoms with E-state index in [9.17, 15) is 4.79 Å². The van der Waals surface area contributed by atoms with Crippen molar-refractivity contribution >= 4 is 29.1 Å². The van der Waals surface area contributed by atoms with Crippen molar-refractivity contribution in [1.82, 2.24) is 15.1 Å². The first-order valence-electron chi connectivity index (χ1n) is 12.2. The first-order valence-corrected chi connectivity index (χ1v) is 13.0. The van der Waals surface area contributed by atoms with E-state index < -0.39 is 0 Å². The summed E-state index contributed by atoms with van der Waals surface area (Å²) in [6.07, 6.45) is 4.37. The molecule has 2 saturated heterocycles. The molecule has 2 aliphatic rings. The van der Waals surface area contributed by atoms with Crippen LogP contribution in [0.4, 0.5) is 0 Å². The Kier molecular flexibility index (Phi) is 8.70. The molecule has 0 unspecified atom stereocenters. The molecular formula is C27H35Cl2N3O. The lowest BCUT2D eigenvalue weighted by Crippen LogP contribution is -2.40. The lowest BCUT2D eigenvalue weighted by Gasteiger charge is -2.31. The molecule has 2 heterocycles. The van der Waals surface area contributed by atoms with Crippen LogP contribution in [0.1, 0.15) is 49.3 Å². The number of benzene rings is 2. The minimum absolute atomic E-state index is 0.0858. The molecule has 178 valence electrons. The van der Waals surface area contributed by atoms with Gasteiger partial charge in [0.15, 0.2) is 0 Å². The third-order valence-electron chi connectivity index (χ3n) is 7.14. The number of nitrogens with zero attached hydrogens (tertiary/aromatic N) is 2. The molecule has 2 aromatic carbocycles. The molecule has 33 heavy (non-hydrogen) atoms. The number of amides is 1. The number of rotatable bonds is 7. The fourth-order valence-corrected chi connectivity index (χ4v) is 5.29. The molecule has 1 N–H and O–H groups in total. The van der Waals surface area contributed by atoms with Crippen LogP contribution in [0.2, 0.25) is 10.0 Å². The Balaban J connectivity index is 1.18. The van der Waals surface area contributed by atoms with Crippen LogP contribution in [0, 0.1) is 11.8 Å². The number of likely N-dealkylation sites (tertiary alicyclic amines) is 2. The van der Waals surface area contributed by atoms with Gasteiger partial charge in [-0.05, 0) is 86.6 Å². The molecule has 4 rings (SSSR count). The summed E-state index contributed by atoms with van der Waals surface area (Å²) in [6.45, 7) is 8.98. The van der Waals surface area contributed by atoms with Gasteiger partial charge in [0.05, 0.1) is 0 Å². The highest BCUT2D eigenvalue weighted by Crippen LogP contribution is 2.25. The molecule has 2 fully saturated rings. The fraction of sp³-hybridized carbons (Fsp3) is 0.519. The molecule has 2 aromatic rings. The van der Waals surface area contributed by atoms with Crippen molar-refractivity contribution in [2.24, 2.45) is 11.8 Å². The summed E-state index contributed by atoms with van der Waals surface area (Å²) in [5.74, 6) is 1.12. The Morgan fingerprint density at radius 3 is 2.15 bits per heavy atom. The van der Waals surface area contributed by atoms with Crippen molar-refractivity contribution in [3.63, 3.8) is 0 Å². The van der Waals surface area contributed by atoms with E-state index in [1.807, 2.05) is 12.1 Å². The van der Waals surface area contributed by atoms with Crippen molar-refractivity contribution in [3.8, 4) is 0 Å². The number of halogens is 2. The largest absolute Gasteiger partial charge is 0.352 e. The van der Waals surface area contributed by atoms with Crippen LogP contribution >= 0.6 is 23.2 Å². The lowest BCUT2D eigenvalue weighted by molar-refractivity contribution is -0.126. The van der Waals surface area contributed by atoms with Gasteiger partial charge in [0.1, 0.15) is 0 Å². The summed E-state index contributed by atoms with van der Waals surface area (Å²) in [5.41, 5.74) is 3.60. The van der Waals surface area contributed by atoms with Crippen molar-refractivity contribution in [2.75, 3.05) is 26.2 Å². The molecule has 0 atom stereocenters. The van der Waals surface area contributed by atoms with Crippen LogP contribution in [0.25, 0.3) is 0 Å². The third-order valence-corrected chi connectivity index (χ3v) is 7.73. The van der Waals surface area contributed by atoms with Gasteiger partial charge in [0.2, 0.25) is 5.91 Å². The standard InChI is InChI=1S/C27H35Cl2N3O/c1-20-8-12-31(13-9-20)18-22-4-2-21(3-5-22)17-30-27(33)23-10-14-32(15-11-23)19-24-6-7-25(28)16-26(24)29/h2-7,16,20,23H,8-15,17-19H2,1H3,(H,30,33). The Hall–Kier alpha value is -1.59. The van der Waals surface area contributed by atoms with Crippen LogP contribution in [0.15, 0.2) is 42.5 Å². The van der Waals surface area contributed by atoms with E-state index >= 15 is 0 Å². The molecule has 0 radical (unpaired) electrons. The second-order valence-electron chi connectivity index (χ2n) is 9.78. The van der Waals surface area contributed by atoms with E-state index in [2.05, 4.69) is 46.3 Å². The van der Waals surface area contributed by atoms with Gasteiger partial charge in [-0.25, -0.2) is 0 Å². The molecular weight excluding hydrogens is 453 g/mol. The normalized spacial score (nSPS) is 19.0. The van der Waals surface area contributed by atoms with Crippen LogP contribution in [-0.2, 0) is 24.4 Å². The predicted octanol–water partition coefficient (Wildman–Crippen LogP) is 5.75. The Morgan fingerprint density at radius 2 is 1.48 bits per heavy atom. The highest BCUT2D eigenvalue weighted by molar-refractivity contribution is 6.35. The maximum atomic E-state index is 12.7. The molecule has 2 aliphatic heterocycles. The number of piperidine rings is 2. The molecule has 0 aliphatic carbocycles. The maximum absolute atomic E-state index is 12.7. The summed E-state index contributed by atoms with van der Waals surface area (Å²) >= 11 is 12.3. The number of carbonyl (C=O) groups excluding carboxylic acids is 1. The monoisotopic (exact) mass is 487 g/mol. The summed E-state index contributed by atoms with van der Waals surface area (Å²) in [4.78, 5) is 17.6. The van der Waals surface area contributed by atoms with Gasteiger partial charge in [0, 0.05) is 35.6 Å². The van der Waals surface area contributed by atoms with Gasteiger partial charge < -0.3 is 5.32 Å². The minimum atomic E-state index is 0.0858. The van der Waals surface area contributed by atoms with Crippen molar-refractivity contribution in [1.29, 1.82) is 0 Å². The van der Waals surface area contributed by atoms with Gasteiger partial charge in [-0.3, -0.25) is 14.6 Å². The van der Waals surface area contributed by atoms with Crippen molar-refractivity contribution < 1.29 is 4.79 Å². The van der Waals surface area contributed by atoms with Gasteiger partial charge in [0.25, 0.3) is 0 Å². The maximum Gasteiger partial charge on any atom is 0.223 e. The molecule has 6 heteroatoms. The van der Waals surface area contributed by atoms with Crippen LogP contribution in [0.3, 0.4) is 0 Å². The highest BCUT2D eigenvalue weighted by atomic mass is 35.5. The average Bonchev–Trinajstić information content (AvgIpc) is 2.82. The van der Waals surface area contributed by atoms with Crippen LogP contribution in [-0.4, -0.2) is 41.9 Å². The zero-order chi connectivity index (χ0) is 23.2.